The largest absolute Gasteiger partial charge is 0.423 e. The van der Waals surface area contributed by atoms with Gasteiger partial charge in [-0.15, -0.1) is 0 Å². The van der Waals surface area contributed by atoms with E-state index in [2.05, 4.69) is 26.0 Å². The van der Waals surface area contributed by atoms with Crippen molar-refractivity contribution in [3.05, 3.63) is 23.5 Å². The number of hydrogen-bond donors (Lipinski definition) is 0. The number of ketones is 2. The number of carbonyl (C=O) groups excluding carboxylic acids is 3. The molecule has 0 radical (unpaired) electrons. The van der Waals surface area contributed by atoms with E-state index in [-0.39, 0.29) is 22.5 Å². The van der Waals surface area contributed by atoms with Gasteiger partial charge in [0.2, 0.25) is 5.78 Å². The van der Waals surface area contributed by atoms with Gasteiger partial charge in [-0.3, -0.25) is 14.4 Å². The van der Waals surface area contributed by atoms with Crippen molar-refractivity contribution >= 4 is 17.5 Å². The number of fused-ring (bicyclic) bond motifs is 7. The summed E-state index contributed by atoms with van der Waals surface area (Å²) < 4.78 is 5.42. The number of esters is 1. The van der Waals surface area contributed by atoms with Crippen LogP contribution in [0.25, 0.3) is 0 Å². The average Bonchev–Trinajstić information content (AvgIpc) is 3.34. The van der Waals surface area contributed by atoms with E-state index in [9.17, 15) is 14.4 Å². The molecule has 4 nitrogen and oxygen atoms in total. The fourth-order valence-corrected chi connectivity index (χ4v) is 7.01. The smallest absolute Gasteiger partial charge is 0.308 e. The zero-order valence-electron chi connectivity index (χ0n) is 15.7. The lowest BCUT2D eigenvalue weighted by Gasteiger charge is -2.54. The van der Waals surface area contributed by atoms with Crippen LogP contribution in [-0.4, -0.2) is 17.5 Å². The molecule has 0 aromatic carbocycles. The van der Waals surface area contributed by atoms with Crippen LogP contribution in [0.2, 0.25) is 0 Å². The Bertz CT molecular complexity index is 805. The van der Waals surface area contributed by atoms with Gasteiger partial charge in [0.25, 0.3) is 0 Å². The van der Waals surface area contributed by atoms with Crippen molar-refractivity contribution in [3.63, 3.8) is 0 Å². The van der Waals surface area contributed by atoms with E-state index in [1.54, 1.807) is 0 Å². The van der Waals surface area contributed by atoms with Crippen LogP contribution in [0.15, 0.2) is 23.5 Å². The van der Waals surface area contributed by atoms with Crippen molar-refractivity contribution in [2.75, 3.05) is 0 Å². The van der Waals surface area contributed by atoms with Gasteiger partial charge < -0.3 is 4.74 Å². The second-order valence-electron chi connectivity index (χ2n) is 9.50. The first kappa shape index (κ1) is 16.5. The quantitative estimate of drug-likeness (QED) is 0.675. The highest BCUT2D eigenvalue weighted by atomic mass is 16.5. The van der Waals surface area contributed by atoms with E-state index in [4.69, 9.17) is 4.74 Å². The van der Waals surface area contributed by atoms with Crippen molar-refractivity contribution in [3.8, 4) is 0 Å². The highest BCUT2D eigenvalue weighted by molar-refractivity contribution is 6.02. The molecule has 0 aromatic rings. The van der Waals surface area contributed by atoms with Crippen LogP contribution in [0.4, 0.5) is 0 Å². The molecule has 5 rings (SSSR count). The summed E-state index contributed by atoms with van der Waals surface area (Å²) in [7, 11) is 0. The summed E-state index contributed by atoms with van der Waals surface area (Å²) in [5.74, 6) is 1.94. The predicted molar refractivity (Wildman–Crippen MR) is 94.7 cm³/mol. The van der Waals surface area contributed by atoms with E-state index >= 15 is 0 Å². The van der Waals surface area contributed by atoms with Crippen LogP contribution >= 0.6 is 0 Å². The van der Waals surface area contributed by atoms with Gasteiger partial charge in [0.15, 0.2) is 5.76 Å². The molecule has 0 saturated heterocycles. The van der Waals surface area contributed by atoms with Crippen molar-refractivity contribution in [2.24, 2.45) is 40.4 Å². The van der Waals surface area contributed by atoms with Crippen LogP contribution in [0.1, 0.15) is 52.9 Å². The first-order valence-electron chi connectivity index (χ1n) is 9.97. The molecule has 0 amide bonds. The molecule has 0 N–H and O–H groups in total. The molecule has 1 unspecified atom stereocenters. The highest BCUT2D eigenvalue weighted by Gasteiger charge is 2.67. The lowest BCUT2D eigenvalue weighted by molar-refractivity contribution is -0.142. The van der Waals surface area contributed by atoms with Crippen LogP contribution in [0.3, 0.4) is 0 Å². The monoisotopic (exact) mass is 354 g/mol. The Kier molecular flexibility index (Phi) is 3.14. The molecular formula is C22H26O4. The molecule has 3 saturated carbocycles. The fourth-order valence-electron chi connectivity index (χ4n) is 7.01. The molecule has 0 heterocycles. The summed E-state index contributed by atoms with van der Waals surface area (Å²) in [4.78, 5) is 36.8. The van der Waals surface area contributed by atoms with E-state index < -0.39 is 5.97 Å². The van der Waals surface area contributed by atoms with E-state index in [0.29, 0.717) is 41.6 Å². The van der Waals surface area contributed by atoms with Crippen LogP contribution in [0, 0.1) is 40.4 Å². The molecule has 5 aliphatic rings. The summed E-state index contributed by atoms with van der Waals surface area (Å²) in [6.07, 6.45) is 8.84. The minimum absolute atomic E-state index is 0.0115. The lowest BCUT2D eigenvalue weighted by Crippen LogP contribution is -2.50. The number of Topliss-reactive ketones (excluding diaryl/α,β-unsaturated/α-hetero) is 2. The van der Waals surface area contributed by atoms with Crippen molar-refractivity contribution in [1.82, 2.24) is 0 Å². The molecule has 26 heavy (non-hydrogen) atoms. The Labute approximate surface area is 154 Å². The first-order chi connectivity index (χ1) is 12.3. The van der Waals surface area contributed by atoms with Crippen LogP contribution < -0.4 is 0 Å². The fraction of sp³-hybridized carbons (Fsp3) is 0.682. The zero-order valence-corrected chi connectivity index (χ0v) is 15.7. The standard InChI is InChI=1S/C22H26O4/c1-11(23)26-20-16-5-4-12-14-6-7-18(24)21(14,2)9-8-15(12)22(16,3)17-10-13(17)19(20)25/h4-5,12-15,17H,6-10H2,1-3H3/t12-,13-,14-,15-,17?,21-,22+/m0/s1. The maximum atomic E-state index is 12.7. The zero-order chi connectivity index (χ0) is 18.4. The van der Waals surface area contributed by atoms with Crippen molar-refractivity contribution in [2.45, 2.75) is 52.9 Å². The van der Waals surface area contributed by atoms with Crippen molar-refractivity contribution < 1.29 is 19.1 Å². The second-order valence-corrected chi connectivity index (χ2v) is 9.50. The topological polar surface area (TPSA) is 60.4 Å². The molecule has 4 heteroatoms. The van der Waals surface area contributed by atoms with E-state index in [0.717, 1.165) is 31.3 Å². The maximum absolute atomic E-state index is 12.7. The molecule has 0 bridgehead atoms. The predicted octanol–water partition coefficient (Wildman–Crippen LogP) is 3.61. The molecule has 0 aliphatic heterocycles. The summed E-state index contributed by atoms with van der Waals surface area (Å²) in [5, 5.41) is 0. The Hall–Kier alpha value is -1.71. The van der Waals surface area contributed by atoms with Crippen LogP contribution in [-0.2, 0) is 19.1 Å². The minimum atomic E-state index is -0.421. The summed E-state index contributed by atoms with van der Waals surface area (Å²) in [6.45, 7) is 5.81. The molecule has 138 valence electrons. The number of ether oxygens (including phenoxy) is 1. The third kappa shape index (κ3) is 1.83. The summed E-state index contributed by atoms with van der Waals surface area (Å²) in [5.41, 5.74) is 0.649. The van der Waals surface area contributed by atoms with Gasteiger partial charge in [0.05, 0.1) is 0 Å². The van der Waals surface area contributed by atoms with Gasteiger partial charge in [0, 0.05) is 35.7 Å². The lowest BCUT2D eigenvalue weighted by atomic mass is 9.49. The summed E-state index contributed by atoms with van der Waals surface area (Å²) in [6, 6.07) is 0. The van der Waals surface area contributed by atoms with Gasteiger partial charge in [-0.1, -0.05) is 26.0 Å². The molecule has 0 spiro atoms. The first-order valence-corrected chi connectivity index (χ1v) is 9.97. The van der Waals surface area contributed by atoms with Crippen molar-refractivity contribution in [1.29, 1.82) is 0 Å². The SMILES string of the molecule is CC(=O)OC1=C2C=C[C@H]3[C@@H]4CCC(=O)[C@@]4(C)CC[C@@H]3[C@@]2(C)C2C[C@@H]2C1=O. The third-order valence-electron chi connectivity index (χ3n) is 8.49. The molecule has 5 aliphatic carbocycles. The Balaban J connectivity index is 1.63. The van der Waals surface area contributed by atoms with Gasteiger partial charge in [-0.05, 0) is 49.4 Å². The molecule has 7 atom stereocenters. The summed E-state index contributed by atoms with van der Waals surface area (Å²) >= 11 is 0. The average molecular weight is 354 g/mol. The van der Waals surface area contributed by atoms with Gasteiger partial charge in [-0.25, -0.2) is 0 Å². The third-order valence-corrected chi connectivity index (χ3v) is 8.49. The van der Waals surface area contributed by atoms with Gasteiger partial charge in [0.1, 0.15) is 5.78 Å². The number of rotatable bonds is 1. The van der Waals surface area contributed by atoms with E-state index in [1.165, 1.54) is 6.92 Å². The molecular weight excluding hydrogens is 328 g/mol. The van der Waals surface area contributed by atoms with Gasteiger partial charge in [-0.2, -0.15) is 0 Å². The molecule has 3 fully saturated rings. The van der Waals surface area contributed by atoms with Gasteiger partial charge >= 0.3 is 5.97 Å². The number of allylic oxidation sites excluding steroid dienone is 4. The van der Waals surface area contributed by atoms with Crippen LogP contribution in [0.5, 0.6) is 0 Å². The normalized spacial score (nSPS) is 48.5. The molecule has 0 aromatic heterocycles. The Morgan fingerprint density at radius 2 is 1.92 bits per heavy atom. The highest BCUT2D eigenvalue weighted by Crippen LogP contribution is 2.70. The Morgan fingerprint density at radius 3 is 2.65 bits per heavy atom. The maximum Gasteiger partial charge on any atom is 0.308 e. The Morgan fingerprint density at radius 1 is 1.15 bits per heavy atom. The second kappa shape index (κ2) is 4.96. The van der Waals surface area contributed by atoms with E-state index in [1.807, 2.05) is 0 Å². The number of hydrogen-bond acceptors (Lipinski definition) is 4. The minimum Gasteiger partial charge on any atom is -0.423 e. The number of carbonyl (C=O) groups is 3.